The van der Waals surface area contributed by atoms with Crippen molar-refractivity contribution in [3.05, 3.63) is 28.8 Å². The molecule has 0 amide bonds. The van der Waals surface area contributed by atoms with Crippen LogP contribution in [0, 0.1) is 12.3 Å². The van der Waals surface area contributed by atoms with Crippen LogP contribution in [0.3, 0.4) is 0 Å². The molecule has 3 nitrogen and oxygen atoms in total. The van der Waals surface area contributed by atoms with Gasteiger partial charge in [-0.05, 0) is 18.2 Å². The van der Waals surface area contributed by atoms with Gasteiger partial charge in [0.1, 0.15) is 17.3 Å². The molecule has 0 saturated carbocycles. The van der Waals surface area contributed by atoms with E-state index < -0.39 is 0 Å². The fourth-order valence-electron chi connectivity index (χ4n) is 1.85. The summed E-state index contributed by atoms with van der Waals surface area (Å²) >= 11 is 11.6. The van der Waals surface area contributed by atoms with Crippen LogP contribution in [0.25, 0.3) is 0 Å². The van der Waals surface area contributed by atoms with Gasteiger partial charge < -0.3 is 14.4 Å². The van der Waals surface area contributed by atoms with E-state index in [1.165, 1.54) is 0 Å². The number of morpholine rings is 1. The summed E-state index contributed by atoms with van der Waals surface area (Å²) in [6.07, 6.45) is 5.21. The predicted molar refractivity (Wildman–Crippen MR) is 79.9 cm³/mol. The monoisotopic (exact) mass is 295 g/mol. The lowest BCUT2D eigenvalue weighted by atomic mass is 10.1. The van der Waals surface area contributed by atoms with E-state index in [4.69, 9.17) is 39.7 Å². The zero-order valence-electron chi connectivity index (χ0n) is 10.4. The van der Waals surface area contributed by atoms with Crippen LogP contribution in [0.5, 0.6) is 5.75 Å². The lowest BCUT2D eigenvalue weighted by Crippen LogP contribution is -2.40. The van der Waals surface area contributed by atoms with E-state index in [2.05, 4.69) is 10.8 Å². The van der Waals surface area contributed by atoms with Crippen LogP contribution in [0.1, 0.15) is 5.56 Å². The molecular formula is C14H14ClNO2S. The Hall–Kier alpha value is -1.28. The average molecular weight is 296 g/mol. The van der Waals surface area contributed by atoms with Gasteiger partial charge >= 0.3 is 0 Å². The van der Waals surface area contributed by atoms with E-state index in [9.17, 15) is 0 Å². The molecule has 1 heterocycles. The van der Waals surface area contributed by atoms with Crippen LogP contribution >= 0.6 is 23.8 Å². The van der Waals surface area contributed by atoms with Crippen molar-refractivity contribution in [2.75, 3.05) is 32.9 Å². The number of rotatable bonds is 3. The van der Waals surface area contributed by atoms with E-state index >= 15 is 0 Å². The quantitative estimate of drug-likeness (QED) is 0.630. The molecule has 19 heavy (non-hydrogen) atoms. The van der Waals surface area contributed by atoms with Crippen LogP contribution in [0.4, 0.5) is 0 Å². The first-order valence-electron chi connectivity index (χ1n) is 5.95. The van der Waals surface area contributed by atoms with Gasteiger partial charge in [0, 0.05) is 18.1 Å². The van der Waals surface area contributed by atoms with Crippen molar-refractivity contribution in [2.45, 2.75) is 0 Å². The minimum absolute atomic E-state index is 0.209. The Morgan fingerprint density at radius 1 is 1.47 bits per heavy atom. The Morgan fingerprint density at radius 3 is 2.89 bits per heavy atom. The highest BCUT2D eigenvalue weighted by Crippen LogP contribution is 2.25. The van der Waals surface area contributed by atoms with Gasteiger partial charge in [-0.2, -0.15) is 0 Å². The molecule has 0 spiro atoms. The second kappa shape index (κ2) is 6.76. The van der Waals surface area contributed by atoms with E-state index in [0.29, 0.717) is 24.0 Å². The summed E-state index contributed by atoms with van der Waals surface area (Å²) < 4.78 is 10.8. The Labute approximate surface area is 123 Å². The van der Waals surface area contributed by atoms with Crippen molar-refractivity contribution in [3.63, 3.8) is 0 Å². The molecule has 1 aliphatic heterocycles. The van der Waals surface area contributed by atoms with Gasteiger partial charge in [-0.15, -0.1) is 6.42 Å². The molecule has 0 aromatic heterocycles. The van der Waals surface area contributed by atoms with Gasteiger partial charge in [0.05, 0.1) is 18.8 Å². The number of nitrogens with zero attached hydrogens (tertiary/aromatic N) is 1. The fraction of sp³-hybridized carbons (Fsp3) is 0.357. The van der Waals surface area contributed by atoms with Crippen molar-refractivity contribution in [2.24, 2.45) is 0 Å². The number of hydrogen-bond acceptors (Lipinski definition) is 3. The second-order valence-corrected chi connectivity index (χ2v) is 4.86. The van der Waals surface area contributed by atoms with Crippen molar-refractivity contribution >= 4 is 28.8 Å². The largest absolute Gasteiger partial charge is 0.480 e. The highest BCUT2D eigenvalue weighted by Gasteiger charge is 2.18. The molecule has 100 valence electrons. The molecular weight excluding hydrogens is 282 g/mol. The summed E-state index contributed by atoms with van der Waals surface area (Å²) in [5.74, 6) is 3.11. The van der Waals surface area contributed by atoms with Gasteiger partial charge in [0.25, 0.3) is 0 Å². The smallest absolute Gasteiger partial charge is 0.148 e. The molecule has 0 unspecified atom stereocenters. The fourth-order valence-corrected chi connectivity index (χ4v) is 2.37. The van der Waals surface area contributed by atoms with Crippen LogP contribution in [-0.2, 0) is 4.74 Å². The molecule has 5 heteroatoms. The first kappa shape index (κ1) is 14.1. The molecule has 1 aromatic rings. The number of benzene rings is 1. The summed E-state index contributed by atoms with van der Waals surface area (Å²) in [6.45, 7) is 3.13. The molecule has 0 N–H and O–H groups in total. The van der Waals surface area contributed by atoms with Crippen LogP contribution in [0.2, 0.25) is 5.02 Å². The van der Waals surface area contributed by atoms with Gasteiger partial charge in [0.2, 0.25) is 0 Å². The van der Waals surface area contributed by atoms with Gasteiger partial charge in [-0.1, -0.05) is 29.7 Å². The zero-order chi connectivity index (χ0) is 13.7. The predicted octanol–water partition coefficient (Wildman–Crippen LogP) is 2.36. The molecule has 1 aliphatic rings. The Balaban J connectivity index is 2.23. The number of ether oxygens (including phenoxy) is 2. The van der Waals surface area contributed by atoms with Gasteiger partial charge in [0.15, 0.2) is 0 Å². The number of hydrogen-bond donors (Lipinski definition) is 0. The first-order valence-corrected chi connectivity index (χ1v) is 6.74. The lowest BCUT2D eigenvalue weighted by Gasteiger charge is -2.29. The third-order valence-electron chi connectivity index (χ3n) is 2.78. The van der Waals surface area contributed by atoms with Crippen molar-refractivity contribution in [1.82, 2.24) is 4.90 Å². The van der Waals surface area contributed by atoms with Crippen LogP contribution < -0.4 is 4.74 Å². The van der Waals surface area contributed by atoms with E-state index in [0.717, 1.165) is 23.6 Å². The number of halogens is 1. The maximum atomic E-state index is 6.04. The summed E-state index contributed by atoms with van der Waals surface area (Å²) in [5.41, 5.74) is 0.805. The standard InChI is InChI=1S/C14H14ClNO2S/c1-2-7-18-13-4-3-11(15)10-12(13)14(19)16-5-8-17-9-6-16/h1,3-4,10H,5-9H2. The molecule has 1 fully saturated rings. The summed E-state index contributed by atoms with van der Waals surface area (Å²) in [6, 6.07) is 5.37. The zero-order valence-corrected chi connectivity index (χ0v) is 12.0. The molecule has 1 aromatic carbocycles. The van der Waals surface area contributed by atoms with Gasteiger partial charge in [-0.3, -0.25) is 0 Å². The van der Waals surface area contributed by atoms with E-state index in [1.807, 2.05) is 6.07 Å². The third kappa shape index (κ3) is 3.60. The van der Waals surface area contributed by atoms with Crippen molar-refractivity contribution < 1.29 is 9.47 Å². The van der Waals surface area contributed by atoms with Crippen LogP contribution in [-0.4, -0.2) is 42.8 Å². The topological polar surface area (TPSA) is 21.7 Å². The molecule has 0 aliphatic carbocycles. The summed E-state index contributed by atoms with van der Waals surface area (Å²) in [4.78, 5) is 2.81. The summed E-state index contributed by atoms with van der Waals surface area (Å²) in [5, 5.41) is 0.624. The molecule has 0 atom stereocenters. The Kier molecular flexibility index (Phi) is 5.03. The SMILES string of the molecule is C#CCOc1ccc(Cl)cc1C(=S)N1CCOCC1. The third-order valence-corrected chi connectivity index (χ3v) is 3.49. The molecule has 1 saturated heterocycles. The van der Waals surface area contributed by atoms with Crippen LogP contribution in [0.15, 0.2) is 18.2 Å². The van der Waals surface area contributed by atoms with Gasteiger partial charge in [-0.25, -0.2) is 0 Å². The highest BCUT2D eigenvalue weighted by molar-refractivity contribution is 7.80. The maximum absolute atomic E-state index is 6.04. The highest BCUT2D eigenvalue weighted by atomic mass is 35.5. The minimum atomic E-state index is 0.209. The Bertz CT molecular complexity index is 507. The van der Waals surface area contributed by atoms with Crippen molar-refractivity contribution in [3.8, 4) is 18.1 Å². The maximum Gasteiger partial charge on any atom is 0.148 e. The molecule has 0 radical (unpaired) electrons. The molecule has 2 rings (SSSR count). The minimum Gasteiger partial charge on any atom is -0.480 e. The van der Waals surface area contributed by atoms with E-state index in [1.54, 1.807) is 12.1 Å². The van der Waals surface area contributed by atoms with E-state index in [-0.39, 0.29) is 6.61 Å². The normalized spacial score (nSPS) is 14.8. The lowest BCUT2D eigenvalue weighted by molar-refractivity contribution is 0.0692. The second-order valence-electron chi connectivity index (χ2n) is 4.04. The first-order chi connectivity index (χ1) is 9.22. The average Bonchev–Trinajstić information content (AvgIpc) is 2.46. The number of terminal acetylenes is 1. The summed E-state index contributed by atoms with van der Waals surface area (Å²) in [7, 11) is 0. The molecule has 0 bridgehead atoms. The number of thiocarbonyl (C=S) groups is 1. The van der Waals surface area contributed by atoms with Crippen molar-refractivity contribution in [1.29, 1.82) is 0 Å². The Morgan fingerprint density at radius 2 is 2.21 bits per heavy atom.